The fraction of sp³-hybridized carbons (Fsp3) is 0.158. The zero-order chi connectivity index (χ0) is 19.6. The molecule has 0 fully saturated rings. The average molecular weight is 368 g/mol. The molecule has 0 spiro atoms. The molecule has 0 aliphatic heterocycles. The predicted molar refractivity (Wildman–Crippen MR) is 96.0 cm³/mol. The summed E-state index contributed by atoms with van der Waals surface area (Å²) in [4.78, 5) is 22.1. The van der Waals surface area contributed by atoms with E-state index in [2.05, 4.69) is 0 Å². The lowest BCUT2D eigenvalue weighted by Gasteiger charge is -2.08. The number of methoxy groups -OCH3 is 1. The van der Waals surface area contributed by atoms with Crippen molar-refractivity contribution in [3.63, 3.8) is 0 Å². The van der Waals surface area contributed by atoms with Crippen molar-refractivity contribution >= 4 is 17.7 Å². The molecule has 2 aromatic carbocycles. The third kappa shape index (κ3) is 5.86. The summed E-state index contributed by atoms with van der Waals surface area (Å²) in [5.74, 6) is 0.257. The highest BCUT2D eigenvalue weighted by Gasteiger charge is 2.07. The van der Waals surface area contributed by atoms with Gasteiger partial charge in [0.05, 0.1) is 12.0 Å². The van der Waals surface area contributed by atoms with Crippen LogP contribution < -0.4 is 9.47 Å². The minimum atomic E-state index is -0.592. The molecule has 0 heterocycles. The molecule has 0 aliphatic rings. The minimum absolute atomic E-state index is 0.0649. The Bertz CT molecular complexity index is 901. The van der Waals surface area contributed by atoms with E-state index in [1.165, 1.54) is 37.5 Å². The molecule has 2 rings (SSSR count). The lowest BCUT2D eigenvalue weighted by molar-refractivity contribution is -0.384. The summed E-state index contributed by atoms with van der Waals surface area (Å²) in [6.45, 7) is -0.176. The summed E-state index contributed by atoms with van der Waals surface area (Å²) in [7, 11) is 1.47. The van der Waals surface area contributed by atoms with Crippen molar-refractivity contribution < 1.29 is 23.9 Å². The van der Waals surface area contributed by atoms with Crippen LogP contribution in [0.3, 0.4) is 0 Å². The first-order chi connectivity index (χ1) is 13.0. The second-order valence-corrected chi connectivity index (χ2v) is 5.23. The Morgan fingerprint density at radius 1 is 1.26 bits per heavy atom. The topological polar surface area (TPSA) is 112 Å². The minimum Gasteiger partial charge on any atom is -0.493 e. The Labute approximate surface area is 155 Å². The van der Waals surface area contributed by atoms with Gasteiger partial charge in [0.15, 0.2) is 18.1 Å². The highest BCUT2D eigenvalue weighted by atomic mass is 16.6. The highest BCUT2D eigenvalue weighted by molar-refractivity contribution is 5.87. The molecule has 0 N–H and O–H groups in total. The van der Waals surface area contributed by atoms with Gasteiger partial charge in [-0.3, -0.25) is 10.1 Å². The number of esters is 1. The van der Waals surface area contributed by atoms with E-state index >= 15 is 0 Å². The van der Waals surface area contributed by atoms with E-state index in [1.54, 1.807) is 24.3 Å². The van der Waals surface area contributed by atoms with Crippen molar-refractivity contribution in [3.05, 3.63) is 69.8 Å². The molecule has 0 bridgehead atoms. The van der Waals surface area contributed by atoms with E-state index in [1.807, 2.05) is 6.07 Å². The van der Waals surface area contributed by atoms with Gasteiger partial charge in [0.25, 0.3) is 5.69 Å². The smallest absolute Gasteiger partial charge is 0.331 e. The van der Waals surface area contributed by atoms with Crippen molar-refractivity contribution in [1.82, 2.24) is 0 Å². The van der Waals surface area contributed by atoms with Crippen LogP contribution in [0.1, 0.15) is 11.1 Å². The summed E-state index contributed by atoms with van der Waals surface area (Å²) < 4.78 is 15.5. The molecule has 2 aromatic rings. The number of rotatable bonds is 8. The fourth-order valence-corrected chi connectivity index (χ4v) is 2.14. The van der Waals surface area contributed by atoms with Crippen LogP contribution in [0.5, 0.6) is 11.5 Å². The summed E-state index contributed by atoms with van der Waals surface area (Å²) >= 11 is 0. The number of hydrogen-bond donors (Lipinski definition) is 0. The summed E-state index contributed by atoms with van der Waals surface area (Å²) in [6, 6.07) is 12.7. The quantitative estimate of drug-likeness (QED) is 0.304. The van der Waals surface area contributed by atoms with E-state index in [4.69, 9.17) is 19.5 Å². The second-order valence-electron chi connectivity index (χ2n) is 5.23. The van der Waals surface area contributed by atoms with Gasteiger partial charge in [-0.2, -0.15) is 5.26 Å². The largest absolute Gasteiger partial charge is 0.493 e. The lowest BCUT2D eigenvalue weighted by atomic mass is 10.2. The molecule has 0 saturated heterocycles. The summed E-state index contributed by atoms with van der Waals surface area (Å²) in [5.41, 5.74) is 1.12. The maximum atomic E-state index is 11.8. The van der Waals surface area contributed by atoms with E-state index in [0.717, 1.165) is 0 Å². The molecule has 0 amide bonds. The third-order valence-electron chi connectivity index (χ3n) is 3.39. The molecule has 0 radical (unpaired) electrons. The predicted octanol–water partition coefficient (Wildman–Crippen LogP) is 3.26. The van der Waals surface area contributed by atoms with Gasteiger partial charge in [-0.15, -0.1) is 0 Å². The van der Waals surface area contributed by atoms with Gasteiger partial charge in [-0.05, 0) is 29.3 Å². The lowest BCUT2D eigenvalue weighted by Crippen LogP contribution is -2.01. The number of ether oxygens (including phenoxy) is 3. The number of nitro benzene ring substituents is 1. The Kier molecular flexibility index (Phi) is 6.91. The molecule has 0 aromatic heterocycles. The van der Waals surface area contributed by atoms with Crippen LogP contribution in [0.2, 0.25) is 0 Å². The third-order valence-corrected chi connectivity index (χ3v) is 3.39. The van der Waals surface area contributed by atoms with Crippen LogP contribution in [0, 0.1) is 21.4 Å². The number of non-ortho nitro benzene ring substituents is 1. The SMILES string of the molecule is COc1cc(/C=C/C(=O)OCc2cccc([N+](=O)[O-])c2)ccc1OCC#N. The van der Waals surface area contributed by atoms with Crippen LogP contribution >= 0.6 is 0 Å². The molecule has 0 saturated carbocycles. The molecule has 0 unspecified atom stereocenters. The number of nitrogens with zero attached hydrogens (tertiary/aromatic N) is 2. The van der Waals surface area contributed by atoms with Crippen LogP contribution in [0.15, 0.2) is 48.5 Å². The zero-order valence-corrected chi connectivity index (χ0v) is 14.5. The number of nitro groups is 1. The van der Waals surface area contributed by atoms with Gasteiger partial charge in [-0.25, -0.2) is 4.79 Å². The second kappa shape index (κ2) is 9.58. The highest BCUT2D eigenvalue weighted by Crippen LogP contribution is 2.28. The molecule has 0 aliphatic carbocycles. The van der Waals surface area contributed by atoms with Gasteiger partial charge in [0.2, 0.25) is 0 Å². The number of carbonyl (C=O) groups excluding carboxylic acids is 1. The van der Waals surface area contributed by atoms with Crippen molar-refractivity contribution in [2.75, 3.05) is 13.7 Å². The van der Waals surface area contributed by atoms with Crippen LogP contribution in [-0.4, -0.2) is 24.6 Å². The van der Waals surface area contributed by atoms with Crippen LogP contribution in [0.25, 0.3) is 6.08 Å². The van der Waals surface area contributed by atoms with E-state index in [-0.39, 0.29) is 18.9 Å². The zero-order valence-electron chi connectivity index (χ0n) is 14.5. The van der Waals surface area contributed by atoms with Crippen molar-refractivity contribution in [2.45, 2.75) is 6.61 Å². The Morgan fingerprint density at radius 2 is 2.07 bits per heavy atom. The molecule has 0 atom stereocenters. The van der Waals surface area contributed by atoms with Crippen LogP contribution in [0.4, 0.5) is 5.69 Å². The van der Waals surface area contributed by atoms with Crippen molar-refractivity contribution in [3.8, 4) is 17.6 Å². The van der Waals surface area contributed by atoms with Gasteiger partial charge in [0.1, 0.15) is 12.7 Å². The van der Waals surface area contributed by atoms with E-state index in [0.29, 0.717) is 22.6 Å². The normalized spacial score (nSPS) is 10.2. The standard InChI is InChI=1S/C19H16N2O6/c1-25-18-12-14(5-7-17(18)26-10-9-20)6-8-19(22)27-13-15-3-2-4-16(11-15)21(23)24/h2-8,11-12H,10,13H2,1H3/b8-6+. The molecule has 138 valence electrons. The fourth-order valence-electron chi connectivity index (χ4n) is 2.14. The first-order valence-electron chi connectivity index (χ1n) is 7.79. The van der Waals surface area contributed by atoms with Crippen molar-refractivity contribution in [1.29, 1.82) is 5.26 Å². The number of nitriles is 1. The maximum Gasteiger partial charge on any atom is 0.331 e. The first-order valence-corrected chi connectivity index (χ1v) is 7.79. The Hall–Kier alpha value is -3.86. The number of carbonyl (C=O) groups is 1. The van der Waals surface area contributed by atoms with Crippen LogP contribution in [-0.2, 0) is 16.1 Å². The van der Waals surface area contributed by atoms with Gasteiger partial charge in [0, 0.05) is 18.2 Å². The Balaban J connectivity index is 1.97. The van der Waals surface area contributed by atoms with Gasteiger partial charge in [-0.1, -0.05) is 18.2 Å². The van der Waals surface area contributed by atoms with Gasteiger partial charge >= 0.3 is 5.97 Å². The van der Waals surface area contributed by atoms with E-state index < -0.39 is 10.9 Å². The van der Waals surface area contributed by atoms with E-state index in [9.17, 15) is 14.9 Å². The summed E-state index contributed by atoms with van der Waals surface area (Å²) in [5, 5.41) is 19.3. The molecular weight excluding hydrogens is 352 g/mol. The molecule has 27 heavy (non-hydrogen) atoms. The Morgan fingerprint density at radius 3 is 2.78 bits per heavy atom. The molecule has 8 nitrogen and oxygen atoms in total. The maximum absolute atomic E-state index is 11.8. The summed E-state index contributed by atoms with van der Waals surface area (Å²) in [6.07, 6.45) is 2.77. The average Bonchev–Trinajstić information content (AvgIpc) is 2.69. The van der Waals surface area contributed by atoms with Gasteiger partial charge < -0.3 is 14.2 Å². The molecular formula is C19H16N2O6. The number of hydrogen-bond acceptors (Lipinski definition) is 7. The number of benzene rings is 2. The monoisotopic (exact) mass is 368 g/mol. The van der Waals surface area contributed by atoms with Crippen molar-refractivity contribution in [2.24, 2.45) is 0 Å². The first kappa shape index (κ1) is 19.5. The molecule has 8 heteroatoms.